The van der Waals surface area contributed by atoms with E-state index in [1.54, 1.807) is 14.1 Å². The molecule has 0 heterocycles. The molecule has 16 heavy (non-hydrogen) atoms. The van der Waals surface area contributed by atoms with Gasteiger partial charge in [0, 0.05) is 26.2 Å². The molecule has 86 valence electrons. The van der Waals surface area contributed by atoms with Crippen LogP contribution in [0.15, 0.2) is 18.2 Å². The molecule has 1 amide bonds. The fourth-order valence-electron chi connectivity index (χ4n) is 1.19. The third-order valence-electron chi connectivity index (χ3n) is 2.01. The summed E-state index contributed by atoms with van der Waals surface area (Å²) in [5.74, 6) is 4.87. The Morgan fingerprint density at radius 3 is 2.56 bits per heavy atom. The zero-order chi connectivity index (χ0) is 12.3. The highest BCUT2D eigenvalue weighted by atomic mass is 16.6. The Labute approximate surface area is 92.0 Å². The molecule has 1 rings (SSSR count). The van der Waals surface area contributed by atoms with E-state index in [-0.39, 0.29) is 17.2 Å². The Bertz CT molecular complexity index is 431. The molecule has 7 heteroatoms. The lowest BCUT2D eigenvalue weighted by atomic mass is 10.1. The van der Waals surface area contributed by atoms with Crippen LogP contribution < -0.4 is 11.3 Å². The van der Waals surface area contributed by atoms with Crippen molar-refractivity contribution in [3.05, 3.63) is 33.9 Å². The average Bonchev–Trinajstić information content (AvgIpc) is 2.26. The van der Waals surface area contributed by atoms with Gasteiger partial charge in [-0.15, -0.1) is 0 Å². The van der Waals surface area contributed by atoms with Crippen molar-refractivity contribution in [1.82, 2.24) is 4.90 Å². The molecule has 0 atom stereocenters. The molecule has 0 unspecified atom stereocenters. The van der Waals surface area contributed by atoms with Crippen LogP contribution in [0.5, 0.6) is 0 Å². The summed E-state index contributed by atoms with van der Waals surface area (Å²) in [6, 6.07) is 3.87. The number of hydrogen-bond acceptors (Lipinski definition) is 5. The predicted molar refractivity (Wildman–Crippen MR) is 58.9 cm³/mol. The van der Waals surface area contributed by atoms with Crippen molar-refractivity contribution in [2.75, 3.05) is 19.5 Å². The predicted octanol–water partition coefficient (Wildman–Crippen LogP) is 0.582. The summed E-state index contributed by atoms with van der Waals surface area (Å²) in [6.07, 6.45) is 0. The number of carbonyl (C=O) groups excluding carboxylic acids is 1. The first kappa shape index (κ1) is 11.9. The van der Waals surface area contributed by atoms with Gasteiger partial charge in [0.1, 0.15) is 0 Å². The van der Waals surface area contributed by atoms with Crippen LogP contribution in [-0.2, 0) is 0 Å². The van der Waals surface area contributed by atoms with E-state index in [0.717, 1.165) is 0 Å². The van der Waals surface area contributed by atoms with Gasteiger partial charge in [-0.2, -0.15) is 0 Å². The molecule has 0 aliphatic rings. The zero-order valence-electron chi connectivity index (χ0n) is 8.93. The molecular formula is C9H12N4O3. The number of nitrogens with two attached hydrogens (primary N) is 1. The number of benzene rings is 1. The average molecular weight is 224 g/mol. The van der Waals surface area contributed by atoms with Gasteiger partial charge in [-0.3, -0.25) is 20.8 Å². The van der Waals surface area contributed by atoms with Gasteiger partial charge < -0.3 is 10.3 Å². The summed E-state index contributed by atoms with van der Waals surface area (Å²) < 4.78 is 0. The standard InChI is InChI=1S/C9H12N4O3/c1-12(2)9(14)7-5-6(13(15)16)3-4-8(7)11-10/h3-5,11H,10H2,1-2H3. The molecule has 0 aliphatic heterocycles. The van der Waals surface area contributed by atoms with Crippen LogP contribution in [0.1, 0.15) is 10.4 Å². The first-order valence-electron chi connectivity index (χ1n) is 4.44. The number of nitro groups is 1. The van der Waals surface area contributed by atoms with E-state index in [1.165, 1.54) is 23.1 Å². The van der Waals surface area contributed by atoms with Crippen molar-refractivity contribution in [3.63, 3.8) is 0 Å². The molecule has 0 aromatic heterocycles. The van der Waals surface area contributed by atoms with Crippen LogP contribution in [0.2, 0.25) is 0 Å². The summed E-state index contributed by atoms with van der Waals surface area (Å²) in [7, 11) is 3.11. The second-order valence-electron chi connectivity index (χ2n) is 3.33. The summed E-state index contributed by atoms with van der Waals surface area (Å²) in [6.45, 7) is 0. The number of nitrogens with one attached hydrogen (secondary N) is 1. The fourth-order valence-corrected chi connectivity index (χ4v) is 1.19. The normalized spacial score (nSPS) is 9.69. The summed E-state index contributed by atoms with van der Waals surface area (Å²) in [5.41, 5.74) is 2.70. The quantitative estimate of drug-likeness (QED) is 0.444. The maximum absolute atomic E-state index is 11.7. The van der Waals surface area contributed by atoms with E-state index < -0.39 is 4.92 Å². The van der Waals surface area contributed by atoms with Crippen molar-refractivity contribution in [3.8, 4) is 0 Å². The second kappa shape index (κ2) is 4.58. The molecule has 7 nitrogen and oxygen atoms in total. The van der Waals surface area contributed by atoms with Crippen molar-refractivity contribution in [2.45, 2.75) is 0 Å². The van der Waals surface area contributed by atoms with Gasteiger partial charge in [0.25, 0.3) is 11.6 Å². The molecule has 1 aromatic carbocycles. The maximum atomic E-state index is 11.7. The number of nitrogens with zero attached hydrogens (tertiary/aromatic N) is 2. The molecule has 0 aliphatic carbocycles. The smallest absolute Gasteiger partial charge is 0.270 e. The van der Waals surface area contributed by atoms with E-state index in [4.69, 9.17) is 5.84 Å². The summed E-state index contributed by atoms with van der Waals surface area (Å²) in [4.78, 5) is 23.0. The highest BCUT2D eigenvalue weighted by molar-refractivity contribution is 5.99. The van der Waals surface area contributed by atoms with Gasteiger partial charge in [-0.1, -0.05) is 0 Å². The van der Waals surface area contributed by atoms with Gasteiger partial charge in [0.05, 0.1) is 16.2 Å². The van der Waals surface area contributed by atoms with Crippen LogP contribution in [-0.4, -0.2) is 29.8 Å². The fraction of sp³-hybridized carbons (Fsp3) is 0.222. The van der Waals surface area contributed by atoms with Gasteiger partial charge in [0.15, 0.2) is 0 Å². The Morgan fingerprint density at radius 2 is 2.12 bits per heavy atom. The number of carbonyl (C=O) groups is 1. The zero-order valence-corrected chi connectivity index (χ0v) is 8.93. The van der Waals surface area contributed by atoms with Gasteiger partial charge in [0.2, 0.25) is 0 Å². The maximum Gasteiger partial charge on any atom is 0.270 e. The largest absolute Gasteiger partial charge is 0.345 e. The van der Waals surface area contributed by atoms with Crippen LogP contribution in [0, 0.1) is 10.1 Å². The highest BCUT2D eigenvalue weighted by Crippen LogP contribution is 2.22. The van der Waals surface area contributed by atoms with Crippen molar-refractivity contribution in [2.24, 2.45) is 5.84 Å². The number of amides is 1. The van der Waals surface area contributed by atoms with E-state index in [2.05, 4.69) is 5.43 Å². The molecule has 0 spiro atoms. The van der Waals surface area contributed by atoms with E-state index >= 15 is 0 Å². The molecule has 1 aromatic rings. The number of rotatable bonds is 3. The lowest BCUT2D eigenvalue weighted by Crippen LogP contribution is -2.24. The number of hydrazine groups is 1. The molecule has 0 saturated carbocycles. The van der Waals surface area contributed by atoms with Crippen LogP contribution in [0.4, 0.5) is 11.4 Å². The first-order chi connectivity index (χ1) is 7.47. The Morgan fingerprint density at radius 1 is 1.50 bits per heavy atom. The molecule has 0 radical (unpaired) electrons. The van der Waals surface area contributed by atoms with Gasteiger partial charge in [-0.05, 0) is 6.07 Å². The Balaban J connectivity index is 3.27. The minimum Gasteiger partial charge on any atom is -0.345 e. The van der Waals surface area contributed by atoms with E-state index in [0.29, 0.717) is 5.69 Å². The number of hydrogen-bond donors (Lipinski definition) is 2. The van der Waals surface area contributed by atoms with Crippen LogP contribution in [0.25, 0.3) is 0 Å². The molecule has 0 fully saturated rings. The van der Waals surface area contributed by atoms with E-state index in [9.17, 15) is 14.9 Å². The van der Waals surface area contributed by atoms with Crippen molar-refractivity contribution < 1.29 is 9.72 Å². The minimum absolute atomic E-state index is 0.149. The van der Waals surface area contributed by atoms with Crippen LogP contribution >= 0.6 is 0 Å². The molecular weight excluding hydrogens is 212 g/mol. The number of non-ortho nitro benzene ring substituents is 1. The molecule has 3 N–H and O–H groups in total. The first-order valence-corrected chi connectivity index (χ1v) is 4.44. The third kappa shape index (κ3) is 2.26. The molecule has 0 saturated heterocycles. The van der Waals surface area contributed by atoms with E-state index in [1.807, 2.05) is 0 Å². The lowest BCUT2D eigenvalue weighted by Gasteiger charge is -2.13. The monoisotopic (exact) mass is 224 g/mol. The van der Waals surface area contributed by atoms with Gasteiger partial charge >= 0.3 is 0 Å². The molecule has 0 bridgehead atoms. The highest BCUT2D eigenvalue weighted by Gasteiger charge is 2.17. The number of nitrogen functional groups attached to an aromatic ring is 1. The third-order valence-corrected chi connectivity index (χ3v) is 2.01. The Kier molecular flexibility index (Phi) is 3.41. The summed E-state index contributed by atoms with van der Waals surface area (Å²) >= 11 is 0. The van der Waals surface area contributed by atoms with Crippen molar-refractivity contribution >= 4 is 17.3 Å². The summed E-state index contributed by atoms with van der Waals surface area (Å²) in [5, 5.41) is 10.6. The number of anilines is 1. The van der Waals surface area contributed by atoms with Crippen LogP contribution in [0.3, 0.4) is 0 Å². The Hall–Kier alpha value is -2.15. The SMILES string of the molecule is CN(C)C(=O)c1cc([N+](=O)[O-])ccc1NN. The lowest BCUT2D eigenvalue weighted by molar-refractivity contribution is -0.384. The topological polar surface area (TPSA) is 102 Å². The minimum atomic E-state index is -0.563. The second-order valence-corrected chi connectivity index (χ2v) is 3.33. The van der Waals surface area contributed by atoms with Crippen molar-refractivity contribution in [1.29, 1.82) is 0 Å². The van der Waals surface area contributed by atoms with Gasteiger partial charge in [-0.25, -0.2) is 0 Å². The number of nitro benzene ring substituents is 1.